The normalized spacial score (nSPS) is 18.3. The maximum absolute atomic E-state index is 11.8. The van der Waals surface area contributed by atoms with E-state index in [0.717, 1.165) is 17.0 Å². The fourth-order valence-corrected chi connectivity index (χ4v) is 2.22. The number of aliphatic hydroxyl groups excluding tert-OH is 1. The Hall–Kier alpha value is -2.14. The number of hydrogen-bond donors (Lipinski definition) is 3. The Balaban J connectivity index is 2.00. The van der Waals surface area contributed by atoms with Crippen LogP contribution >= 0.6 is 0 Å². The standard InChI is InChI=1S/C13H13N3O2/c17-7-9-5-12-10(13(18)15-9)6-11(16-12)8-1-3-14-4-2-8/h1-4,6,9,16-17H,5,7H2,(H,15,18). The second-order valence-corrected chi connectivity index (χ2v) is 4.37. The molecule has 18 heavy (non-hydrogen) atoms. The van der Waals surface area contributed by atoms with E-state index in [0.29, 0.717) is 12.0 Å². The van der Waals surface area contributed by atoms with Gasteiger partial charge in [-0.15, -0.1) is 0 Å². The van der Waals surface area contributed by atoms with Gasteiger partial charge in [-0.1, -0.05) is 0 Å². The number of H-pyrrole nitrogens is 1. The third kappa shape index (κ3) is 1.78. The number of rotatable bonds is 2. The highest BCUT2D eigenvalue weighted by Gasteiger charge is 2.25. The van der Waals surface area contributed by atoms with Gasteiger partial charge in [0.2, 0.25) is 0 Å². The third-order valence-electron chi connectivity index (χ3n) is 3.14. The average Bonchev–Trinajstić information content (AvgIpc) is 2.84. The summed E-state index contributed by atoms with van der Waals surface area (Å²) >= 11 is 0. The second kappa shape index (κ2) is 4.27. The molecule has 0 fully saturated rings. The molecule has 5 nitrogen and oxygen atoms in total. The highest BCUT2D eigenvalue weighted by molar-refractivity contribution is 5.98. The first kappa shape index (κ1) is 11.0. The van der Waals surface area contributed by atoms with E-state index < -0.39 is 0 Å². The van der Waals surface area contributed by atoms with Gasteiger partial charge in [-0.3, -0.25) is 9.78 Å². The predicted molar refractivity (Wildman–Crippen MR) is 66.1 cm³/mol. The number of carbonyl (C=O) groups excluding carboxylic acids is 1. The number of carbonyl (C=O) groups is 1. The minimum absolute atomic E-state index is 0.0468. The van der Waals surface area contributed by atoms with Crippen molar-refractivity contribution in [2.75, 3.05) is 6.61 Å². The van der Waals surface area contributed by atoms with Gasteiger partial charge in [0.15, 0.2) is 0 Å². The van der Waals surface area contributed by atoms with Crippen molar-refractivity contribution in [3.05, 3.63) is 41.9 Å². The molecule has 2 aromatic rings. The molecule has 0 aromatic carbocycles. The lowest BCUT2D eigenvalue weighted by molar-refractivity contribution is 0.0901. The lowest BCUT2D eigenvalue weighted by Gasteiger charge is -2.21. The first-order valence-electron chi connectivity index (χ1n) is 5.82. The zero-order chi connectivity index (χ0) is 12.5. The zero-order valence-electron chi connectivity index (χ0n) is 9.68. The van der Waals surface area contributed by atoms with Crippen molar-refractivity contribution in [3.8, 4) is 11.3 Å². The second-order valence-electron chi connectivity index (χ2n) is 4.37. The number of hydrogen-bond acceptors (Lipinski definition) is 3. The van der Waals surface area contributed by atoms with E-state index in [2.05, 4.69) is 15.3 Å². The molecule has 1 atom stereocenters. The molecule has 0 bridgehead atoms. The number of nitrogens with one attached hydrogen (secondary N) is 2. The first-order valence-corrected chi connectivity index (χ1v) is 5.82. The van der Waals surface area contributed by atoms with Crippen molar-refractivity contribution < 1.29 is 9.90 Å². The maximum Gasteiger partial charge on any atom is 0.253 e. The van der Waals surface area contributed by atoms with Crippen molar-refractivity contribution in [3.63, 3.8) is 0 Å². The molecule has 1 aliphatic rings. The fourth-order valence-electron chi connectivity index (χ4n) is 2.22. The molecule has 1 aliphatic heterocycles. The Kier molecular flexibility index (Phi) is 2.60. The van der Waals surface area contributed by atoms with Crippen LogP contribution in [0.25, 0.3) is 11.3 Å². The molecule has 5 heteroatoms. The topological polar surface area (TPSA) is 78.0 Å². The Labute approximate surface area is 104 Å². The predicted octanol–water partition coefficient (Wildman–Crippen LogP) is 0.723. The van der Waals surface area contributed by atoms with Crippen LogP contribution in [0.2, 0.25) is 0 Å². The minimum Gasteiger partial charge on any atom is -0.394 e. The van der Waals surface area contributed by atoms with E-state index in [-0.39, 0.29) is 18.6 Å². The Morgan fingerprint density at radius 3 is 2.89 bits per heavy atom. The smallest absolute Gasteiger partial charge is 0.253 e. The maximum atomic E-state index is 11.8. The molecule has 3 heterocycles. The summed E-state index contributed by atoms with van der Waals surface area (Å²) in [5.74, 6) is -0.133. The highest BCUT2D eigenvalue weighted by Crippen LogP contribution is 2.24. The van der Waals surface area contributed by atoms with Gasteiger partial charge < -0.3 is 15.4 Å². The van der Waals surface area contributed by atoms with Crippen molar-refractivity contribution in [2.24, 2.45) is 0 Å². The van der Waals surface area contributed by atoms with Crippen LogP contribution in [-0.2, 0) is 6.42 Å². The van der Waals surface area contributed by atoms with Crippen molar-refractivity contribution in [1.29, 1.82) is 0 Å². The number of aromatic nitrogens is 2. The third-order valence-corrected chi connectivity index (χ3v) is 3.14. The summed E-state index contributed by atoms with van der Waals surface area (Å²) in [6, 6.07) is 5.42. The molecule has 92 valence electrons. The zero-order valence-corrected chi connectivity index (χ0v) is 9.68. The highest BCUT2D eigenvalue weighted by atomic mass is 16.3. The van der Waals surface area contributed by atoms with Gasteiger partial charge in [-0.25, -0.2) is 0 Å². The van der Waals surface area contributed by atoms with E-state index in [1.54, 1.807) is 12.4 Å². The molecule has 3 N–H and O–H groups in total. The van der Waals surface area contributed by atoms with Crippen LogP contribution in [0.1, 0.15) is 16.1 Å². The van der Waals surface area contributed by atoms with E-state index >= 15 is 0 Å². The molecule has 0 radical (unpaired) electrons. The molecular formula is C13H13N3O2. The van der Waals surface area contributed by atoms with Crippen LogP contribution in [0.3, 0.4) is 0 Å². The molecule has 2 aromatic heterocycles. The van der Waals surface area contributed by atoms with Crippen LogP contribution in [0.4, 0.5) is 0 Å². The molecule has 0 aliphatic carbocycles. The van der Waals surface area contributed by atoms with Gasteiger partial charge in [-0.05, 0) is 18.2 Å². The molecule has 0 saturated heterocycles. The summed E-state index contributed by atoms with van der Waals surface area (Å²) in [5, 5.41) is 11.9. The number of pyridine rings is 1. The van der Waals surface area contributed by atoms with Gasteiger partial charge >= 0.3 is 0 Å². The van der Waals surface area contributed by atoms with Crippen molar-refractivity contribution in [2.45, 2.75) is 12.5 Å². The summed E-state index contributed by atoms with van der Waals surface area (Å²) in [6.45, 7) is -0.0468. The Bertz CT molecular complexity index is 577. The quantitative estimate of drug-likeness (QED) is 0.727. The van der Waals surface area contributed by atoms with E-state index in [1.807, 2.05) is 18.2 Å². The van der Waals surface area contributed by atoms with Gasteiger partial charge in [0.1, 0.15) is 0 Å². The SMILES string of the molecule is O=C1NC(CO)Cc2[nH]c(-c3ccncc3)cc21. The van der Waals surface area contributed by atoms with Crippen LogP contribution < -0.4 is 5.32 Å². The Morgan fingerprint density at radius 2 is 2.17 bits per heavy atom. The van der Waals surface area contributed by atoms with Crippen molar-refractivity contribution >= 4 is 5.91 Å². The lowest BCUT2D eigenvalue weighted by atomic mass is 10.0. The monoisotopic (exact) mass is 243 g/mol. The average molecular weight is 243 g/mol. The number of fused-ring (bicyclic) bond motifs is 1. The van der Waals surface area contributed by atoms with E-state index in [4.69, 9.17) is 5.11 Å². The van der Waals surface area contributed by atoms with Crippen LogP contribution in [0.5, 0.6) is 0 Å². The molecule has 0 saturated carbocycles. The summed E-state index contributed by atoms with van der Waals surface area (Å²) in [6.07, 6.45) is 4.06. The largest absolute Gasteiger partial charge is 0.394 e. The number of amides is 1. The molecule has 1 amide bonds. The lowest BCUT2D eigenvalue weighted by Crippen LogP contribution is -2.43. The molecular weight excluding hydrogens is 230 g/mol. The van der Waals surface area contributed by atoms with E-state index in [1.165, 1.54) is 0 Å². The van der Waals surface area contributed by atoms with Crippen LogP contribution in [-0.4, -0.2) is 33.6 Å². The summed E-state index contributed by atoms with van der Waals surface area (Å²) in [5.41, 5.74) is 3.43. The van der Waals surface area contributed by atoms with Crippen LogP contribution in [0, 0.1) is 0 Å². The van der Waals surface area contributed by atoms with Gasteiger partial charge in [0.05, 0.1) is 18.2 Å². The summed E-state index contributed by atoms with van der Waals surface area (Å²) < 4.78 is 0. The number of aromatic amines is 1. The van der Waals surface area contributed by atoms with Crippen LogP contribution in [0.15, 0.2) is 30.6 Å². The summed E-state index contributed by atoms with van der Waals surface area (Å²) in [7, 11) is 0. The number of nitrogens with zero attached hydrogens (tertiary/aromatic N) is 1. The first-order chi connectivity index (χ1) is 8.78. The molecule has 3 rings (SSSR count). The fraction of sp³-hybridized carbons (Fsp3) is 0.231. The van der Waals surface area contributed by atoms with Gasteiger partial charge in [-0.2, -0.15) is 0 Å². The minimum atomic E-state index is -0.200. The van der Waals surface area contributed by atoms with E-state index in [9.17, 15) is 4.79 Å². The summed E-state index contributed by atoms with van der Waals surface area (Å²) in [4.78, 5) is 19.1. The molecule has 1 unspecified atom stereocenters. The van der Waals surface area contributed by atoms with Crippen molar-refractivity contribution in [1.82, 2.24) is 15.3 Å². The van der Waals surface area contributed by atoms with Gasteiger partial charge in [0, 0.05) is 35.8 Å². The number of aliphatic hydroxyl groups is 1. The van der Waals surface area contributed by atoms with Gasteiger partial charge in [0.25, 0.3) is 5.91 Å². The molecule has 0 spiro atoms. The Morgan fingerprint density at radius 1 is 1.39 bits per heavy atom.